The molecule has 0 saturated carbocycles. The molecule has 2 aromatic rings. The first-order chi connectivity index (χ1) is 9.19. The van der Waals surface area contributed by atoms with E-state index in [1.54, 1.807) is 7.11 Å². The molecule has 0 aliphatic carbocycles. The summed E-state index contributed by atoms with van der Waals surface area (Å²) in [4.78, 5) is 12.1. The molecule has 1 aliphatic rings. The summed E-state index contributed by atoms with van der Waals surface area (Å²) in [6.07, 6.45) is 0.551. The minimum Gasteiger partial charge on any atom is -0.497 e. The number of nitrogens with zero attached hydrogens (tertiary/aromatic N) is 1. The Hall–Kier alpha value is -2.50. The van der Waals surface area contributed by atoms with Crippen molar-refractivity contribution < 1.29 is 9.53 Å². The van der Waals surface area contributed by atoms with Gasteiger partial charge < -0.3 is 15.8 Å². The van der Waals surface area contributed by atoms with E-state index in [1.165, 1.54) is 0 Å². The molecule has 2 heterocycles. The summed E-state index contributed by atoms with van der Waals surface area (Å²) in [5.41, 5.74) is 7.60. The van der Waals surface area contributed by atoms with E-state index in [0.717, 1.165) is 16.9 Å². The highest BCUT2D eigenvalue weighted by atomic mass is 16.5. The Morgan fingerprint density at radius 3 is 2.79 bits per heavy atom. The van der Waals surface area contributed by atoms with Gasteiger partial charge in [-0.25, -0.2) is 0 Å². The van der Waals surface area contributed by atoms with Crippen LogP contribution >= 0.6 is 0 Å². The fraction of sp³-hybridized carbons (Fsp3) is 0.231. The molecule has 3 rings (SSSR count). The van der Waals surface area contributed by atoms with Gasteiger partial charge in [0.1, 0.15) is 11.6 Å². The van der Waals surface area contributed by atoms with E-state index in [0.29, 0.717) is 18.1 Å². The third kappa shape index (κ3) is 1.91. The van der Waals surface area contributed by atoms with Gasteiger partial charge in [0.15, 0.2) is 5.82 Å². The second-order valence-corrected chi connectivity index (χ2v) is 4.48. The number of H-pyrrole nitrogens is 1. The zero-order valence-electron chi connectivity index (χ0n) is 10.4. The van der Waals surface area contributed by atoms with Crippen LogP contribution in [0.3, 0.4) is 0 Å². The molecule has 0 spiro atoms. The number of ether oxygens (including phenoxy) is 1. The molecule has 4 N–H and O–H groups in total. The van der Waals surface area contributed by atoms with Gasteiger partial charge in [-0.1, -0.05) is 12.1 Å². The second-order valence-electron chi connectivity index (χ2n) is 4.48. The van der Waals surface area contributed by atoms with Crippen LogP contribution in [0, 0.1) is 0 Å². The lowest BCUT2D eigenvalue weighted by atomic mass is 9.89. The van der Waals surface area contributed by atoms with Crippen LogP contribution < -0.4 is 15.8 Å². The van der Waals surface area contributed by atoms with E-state index in [1.807, 2.05) is 24.3 Å². The monoisotopic (exact) mass is 258 g/mol. The molecule has 1 atom stereocenters. The average Bonchev–Trinajstić information content (AvgIpc) is 2.79. The van der Waals surface area contributed by atoms with Gasteiger partial charge in [-0.15, -0.1) is 0 Å². The maximum absolute atomic E-state index is 12.1. The number of nitrogens with one attached hydrogen (secondary N) is 2. The summed E-state index contributed by atoms with van der Waals surface area (Å²) in [7, 11) is 1.61. The molecule has 1 aromatic heterocycles. The van der Waals surface area contributed by atoms with Crippen molar-refractivity contribution in [2.75, 3.05) is 18.2 Å². The second kappa shape index (κ2) is 4.31. The van der Waals surface area contributed by atoms with E-state index in [-0.39, 0.29) is 11.8 Å². The van der Waals surface area contributed by atoms with Crippen molar-refractivity contribution in [3.8, 4) is 5.75 Å². The minimum absolute atomic E-state index is 0.0656. The van der Waals surface area contributed by atoms with Gasteiger partial charge in [-0.3, -0.25) is 9.89 Å². The van der Waals surface area contributed by atoms with Crippen molar-refractivity contribution in [2.45, 2.75) is 12.3 Å². The van der Waals surface area contributed by atoms with Crippen molar-refractivity contribution in [1.29, 1.82) is 0 Å². The normalized spacial score (nSPS) is 17.7. The average molecular weight is 258 g/mol. The van der Waals surface area contributed by atoms with Crippen molar-refractivity contribution >= 4 is 17.5 Å². The van der Waals surface area contributed by atoms with Crippen LogP contribution in [0.1, 0.15) is 17.0 Å². The van der Waals surface area contributed by atoms with Crippen molar-refractivity contribution in [3.63, 3.8) is 0 Å². The quantitative estimate of drug-likeness (QED) is 0.756. The fourth-order valence-corrected chi connectivity index (χ4v) is 2.29. The molecule has 0 fully saturated rings. The number of methoxy groups -OCH3 is 1. The molecule has 6 heteroatoms. The Morgan fingerprint density at radius 1 is 1.37 bits per heavy atom. The van der Waals surface area contributed by atoms with Crippen LogP contribution in [0.5, 0.6) is 5.75 Å². The Balaban J connectivity index is 1.93. The van der Waals surface area contributed by atoms with Crippen LogP contribution in [-0.4, -0.2) is 23.2 Å². The summed E-state index contributed by atoms with van der Waals surface area (Å²) in [5.74, 6) is 1.49. The predicted octanol–water partition coefficient (Wildman–Crippen LogP) is 1.28. The van der Waals surface area contributed by atoms with Crippen LogP contribution in [-0.2, 0) is 11.2 Å². The molecule has 19 heavy (non-hydrogen) atoms. The summed E-state index contributed by atoms with van der Waals surface area (Å²) >= 11 is 0. The zero-order valence-corrected chi connectivity index (χ0v) is 10.4. The number of fused-ring (bicyclic) bond motifs is 1. The number of nitrogen functional groups attached to an aromatic ring is 1. The van der Waals surface area contributed by atoms with Gasteiger partial charge in [0.05, 0.1) is 13.0 Å². The maximum atomic E-state index is 12.1. The first-order valence-electron chi connectivity index (χ1n) is 5.96. The van der Waals surface area contributed by atoms with Crippen LogP contribution in [0.2, 0.25) is 0 Å². The summed E-state index contributed by atoms with van der Waals surface area (Å²) in [5, 5.41) is 9.41. The summed E-state index contributed by atoms with van der Waals surface area (Å²) in [6.45, 7) is 0. The number of hydrogen-bond donors (Lipinski definition) is 3. The molecule has 1 unspecified atom stereocenters. The number of aromatic amines is 1. The molecule has 0 bridgehead atoms. The van der Waals surface area contributed by atoms with Gasteiger partial charge in [0, 0.05) is 5.56 Å². The molecule has 1 amide bonds. The molecule has 6 nitrogen and oxygen atoms in total. The molecule has 98 valence electrons. The van der Waals surface area contributed by atoms with Crippen LogP contribution in [0.25, 0.3) is 0 Å². The van der Waals surface area contributed by atoms with Gasteiger partial charge in [-0.05, 0) is 24.1 Å². The fourth-order valence-electron chi connectivity index (χ4n) is 2.29. The number of rotatable bonds is 2. The van der Waals surface area contributed by atoms with Crippen LogP contribution in [0.15, 0.2) is 24.3 Å². The smallest absolute Gasteiger partial charge is 0.233 e. The molecule has 0 saturated heterocycles. The Labute approximate surface area is 110 Å². The molecule has 1 aromatic carbocycles. The van der Waals surface area contributed by atoms with Gasteiger partial charge >= 0.3 is 0 Å². The zero-order chi connectivity index (χ0) is 13.4. The lowest BCUT2D eigenvalue weighted by molar-refractivity contribution is -0.117. The number of amides is 1. The van der Waals surface area contributed by atoms with Crippen molar-refractivity contribution in [2.24, 2.45) is 0 Å². The number of carbonyl (C=O) groups is 1. The molecular weight excluding hydrogens is 244 g/mol. The Kier molecular flexibility index (Phi) is 2.63. The van der Waals surface area contributed by atoms with Gasteiger partial charge in [-0.2, -0.15) is 5.10 Å². The topological polar surface area (TPSA) is 93.0 Å². The van der Waals surface area contributed by atoms with Gasteiger partial charge in [0.25, 0.3) is 0 Å². The van der Waals surface area contributed by atoms with E-state index in [2.05, 4.69) is 15.5 Å². The largest absolute Gasteiger partial charge is 0.497 e. The molecule has 1 aliphatic heterocycles. The van der Waals surface area contributed by atoms with E-state index < -0.39 is 0 Å². The van der Waals surface area contributed by atoms with Crippen LogP contribution in [0.4, 0.5) is 11.6 Å². The number of carbonyl (C=O) groups excluding carboxylic acids is 1. The first kappa shape index (κ1) is 11.6. The lowest BCUT2D eigenvalue weighted by Crippen LogP contribution is -2.28. The minimum atomic E-state index is -0.252. The lowest BCUT2D eigenvalue weighted by Gasteiger charge is -2.22. The highest BCUT2D eigenvalue weighted by Gasteiger charge is 2.30. The number of hydrogen-bond acceptors (Lipinski definition) is 4. The predicted molar refractivity (Wildman–Crippen MR) is 71.1 cm³/mol. The van der Waals surface area contributed by atoms with E-state index >= 15 is 0 Å². The Morgan fingerprint density at radius 2 is 2.11 bits per heavy atom. The standard InChI is InChI=1S/C13H14N4O2/c1-19-8-4-2-7(3-5-8)9-6-10-11(14)16-17-12(10)15-13(9)18/h2-5,9H,6H2,1H3,(H4,14,15,16,17,18). The number of nitrogens with two attached hydrogens (primary N) is 1. The van der Waals surface area contributed by atoms with Gasteiger partial charge in [0.2, 0.25) is 5.91 Å². The number of aromatic nitrogens is 2. The van der Waals surface area contributed by atoms with E-state index in [9.17, 15) is 4.79 Å². The third-order valence-corrected chi connectivity index (χ3v) is 3.38. The first-order valence-corrected chi connectivity index (χ1v) is 5.96. The molecular formula is C13H14N4O2. The SMILES string of the molecule is COc1ccc(C2Cc3c(n[nH]c3N)NC2=O)cc1. The Bertz CT molecular complexity index is 618. The van der Waals surface area contributed by atoms with Crippen molar-refractivity contribution in [3.05, 3.63) is 35.4 Å². The number of anilines is 2. The highest BCUT2D eigenvalue weighted by molar-refractivity contribution is 5.98. The highest BCUT2D eigenvalue weighted by Crippen LogP contribution is 2.33. The third-order valence-electron chi connectivity index (χ3n) is 3.38. The van der Waals surface area contributed by atoms with Crippen molar-refractivity contribution in [1.82, 2.24) is 10.2 Å². The number of benzene rings is 1. The summed E-state index contributed by atoms with van der Waals surface area (Å²) in [6, 6.07) is 7.47. The maximum Gasteiger partial charge on any atom is 0.233 e. The molecule has 0 radical (unpaired) electrons. The summed E-state index contributed by atoms with van der Waals surface area (Å²) < 4.78 is 5.11. The van der Waals surface area contributed by atoms with E-state index in [4.69, 9.17) is 10.5 Å².